The molecule has 0 N–H and O–H groups in total. The molecule has 2 saturated heterocycles. The normalized spacial score (nSPS) is 21.2. The zero-order valence-corrected chi connectivity index (χ0v) is 19.2. The predicted molar refractivity (Wildman–Crippen MR) is 120 cm³/mol. The zero-order valence-electron chi connectivity index (χ0n) is 16.9. The molecule has 0 aromatic heterocycles. The van der Waals surface area contributed by atoms with Gasteiger partial charge in [-0.15, -0.1) is 0 Å². The van der Waals surface area contributed by atoms with Gasteiger partial charge in [0.1, 0.15) is 6.04 Å². The number of ether oxygens (including phenoxy) is 1. The number of nitrogens with zero attached hydrogens (tertiary/aromatic N) is 2. The molecule has 4 rings (SSSR count). The highest BCUT2D eigenvalue weighted by molar-refractivity contribution is 7.92. The van der Waals surface area contributed by atoms with Crippen molar-refractivity contribution in [1.29, 1.82) is 0 Å². The van der Waals surface area contributed by atoms with Gasteiger partial charge in [0.05, 0.1) is 28.4 Å². The molecule has 9 heteroatoms. The van der Waals surface area contributed by atoms with E-state index < -0.39 is 21.1 Å². The Morgan fingerprint density at radius 2 is 1.68 bits per heavy atom. The molecule has 2 aromatic rings. The van der Waals surface area contributed by atoms with E-state index in [9.17, 15) is 13.2 Å². The van der Waals surface area contributed by atoms with Crippen molar-refractivity contribution >= 4 is 38.9 Å². The van der Waals surface area contributed by atoms with E-state index in [1.807, 2.05) is 12.1 Å². The van der Waals surface area contributed by atoms with Crippen LogP contribution < -0.4 is 0 Å². The molecule has 2 atom stereocenters. The maximum absolute atomic E-state index is 13.6. The summed E-state index contributed by atoms with van der Waals surface area (Å²) in [7, 11) is -3.63. The Labute approximate surface area is 192 Å². The van der Waals surface area contributed by atoms with Crippen LogP contribution in [0.15, 0.2) is 53.4 Å². The number of hydrogen-bond acceptors (Lipinski definition) is 5. The number of carbonyl (C=O) groups is 1. The lowest BCUT2D eigenvalue weighted by Gasteiger charge is -2.36. The van der Waals surface area contributed by atoms with Crippen molar-refractivity contribution < 1.29 is 17.9 Å². The van der Waals surface area contributed by atoms with Crippen LogP contribution in [0.2, 0.25) is 10.0 Å². The Morgan fingerprint density at radius 3 is 2.35 bits per heavy atom. The number of hydrogen-bond donors (Lipinski definition) is 0. The van der Waals surface area contributed by atoms with E-state index >= 15 is 0 Å². The number of benzene rings is 2. The minimum absolute atomic E-state index is 0.0962. The minimum Gasteiger partial charge on any atom is -0.379 e. The second-order valence-corrected chi connectivity index (χ2v) is 10.8. The number of halogens is 2. The number of morpholine rings is 1. The molecule has 0 radical (unpaired) electrons. The lowest BCUT2D eigenvalue weighted by Crippen LogP contribution is -2.47. The summed E-state index contributed by atoms with van der Waals surface area (Å²) in [5, 5.41) is 0.135. The second-order valence-electron chi connectivity index (χ2n) is 7.77. The molecule has 0 unspecified atom stereocenters. The smallest absolute Gasteiger partial charge is 0.244 e. The number of rotatable bonds is 5. The number of likely N-dealkylation sites (tertiary alicyclic amines) is 1. The molecule has 6 nitrogen and oxygen atoms in total. The maximum atomic E-state index is 13.6. The third-order valence-electron chi connectivity index (χ3n) is 5.87. The summed E-state index contributed by atoms with van der Waals surface area (Å²) in [4.78, 5) is 17.5. The molecule has 2 heterocycles. The molecule has 0 aliphatic carbocycles. The standard InChI is InChI=1S/C22H24Cl2N2O4S/c23-17-7-5-16(6-8-17)21(25-11-13-30-14-12-25)22(27)26-10-9-18(15-26)31(28,29)20-4-2-1-3-19(20)24/h1-8,18,21H,9-15H2/t18-,21+/m1/s1. The third kappa shape index (κ3) is 4.76. The van der Waals surface area contributed by atoms with Crippen LogP contribution in [0.1, 0.15) is 18.0 Å². The lowest BCUT2D eigenvalue weighted by atomic mass is 10.0. The Hall–Kier alpha value is -1.64. The van der Waals surface area contributed by atoms with Crippen molar-refractivity contribution in [2.24, 2.45) is 0 Å². The van der Waals surface area contributed by atoms with Crippen molar-refractivity contribution in [3.05, 3.63) is 64.1 Å². The van der Waals surface area contributed by atoms with Crippen LogP contribution in [0.25, 0.3) is 0 Å². The summed E-state index contributed by atoms with van der Waals surface area (Å²) in [5.41, 5.74) is 0.841. The van der Waals surface area contributed by atoms with E-state index in [1.165, 1.54) is 6.07 Å². The van der Waals surface area contributed by atoms with Crippen LogP contribution >= 0.6 is 23.2 Å². The summed E-state index contributed by atoms with van der Waals surface area (Å²) in [6.07, 6.45) is 0.385. The van der Waals surface area contributed by atoms with Crippen molar-refractivity contribution in [1.82, 2.24) is 9.80 Å². The first-order valence-corrected chi connectivity index (χ1v) is 12.5. The fourth-order valence-corrected chi connectivity index (χ4v) is 6.54. The van der Waals surface area contributed by atoms with E-state index in [0.29, 0.717) is 44.3 Å². The van der Waals surface area contributed by atoms with Crippen molar-refractivity contribution in [3.8, 4) is 0 Å². The SMILES string of the molecule is O=C([C@H](c1ccc(Cl)cc1)N1CCOCC1)N1CC[C@@H](S(=O)(=O)c2ccccc2Cl)C1. The predicted octanol–water partition coefficient (Wildman–Crippen LogP) is 3.44. The minimum atomic E-state index is -3.63. The second kappa shape index (κ2) is 9.46. The van der Waals surface area contributed by atoms with Gasteiger partial charge in [-0.3, -0.25) is 9.69 Å². The lowest BCUT2D eigenvalue weighted by molar-refractivity contribution is -0.138. The monoisotopic (exact) mass is 482 g/mol. The highest BCUT2D eigenvalue weighted by Crippen LogP contribution is 2.32. The molecular formula is C22H24Cl2N2O4S. The fourth-order valence-electron chi connectivity index (χ4n) is 4.20. The van der Waals surface area contributed by atoms with E-state index in [4.69, 9.17) is 27.9 Å². The van der Waals surface area contributed by atoms with Gasteiger partial charge < -0.3 is 9.64 Å². The summed E-state index contributed by atoms with van der Waals surface area (Å²) >= 11 is 12.2. The van der Waals surface area contributed by atoms with Crippen molar-refractivity contribution in [2.75, 3.05) is 39.4 Å². The molecule has 1 amide bonds. The van der Waals surface area contributed by atoms with Crippen molar-refractivity contribution in [2.45, 2.75) is 22.6 Å². The summed E-state index contributed by atoms with van der Waals surface area (Å²) < 4.78 is 31.7. The fraction of sp³-hybridized carbons (Fsp3) is 0.409. The van der Waals surface area contributed by atoms with Gasteiger partial charge in [-0.1, -0.05) is 47.5 Å². The van der Waals surface area contributed by atoms with Crippen LogP contribution in [-0.2, 0) is 19.4 Å². The molecule has 2 fully saturated rings. The maximum Gasteiger partial charge on any atom is 0.244 e. The van der Waals surface area contributed by atoms with Crippen LogP contribution in [0, 0.1) is 0 Å². The van der Waals surface area contributed by atoms with Gasteiger partial charge in [-0.2, -0.15) is 0 Å². The first-order valence-electron chi connectivity index (χ1n) is 10.2. The van der Waals surface area contributed by atoms with E-state index in [2.05, 4.69) is 4.90 Å². The Bertz CT molecular complexity index is 1040. The molecule has 31 heavy (non-hydrogen) atoms. The highest BCUT2D eigenvalue weighted by atomic mass is 35.5. The van der Waals surface area contributed by atoms with Crippen LogP contribution in [-0.4, -0.2) is 68.8 Å². The molecule has 0 bridgehead atoms. The van der Waals surface area contributed by atoms with Gasteiger partial charge in [0.25, 0.3) is 0 Å². The number of carbonyl (C=O) groups excluding carboxylic acids is 1. The van der Waals surface area contributed by atoms with Gasteiger partial charge >= 0.3 is 0 Å². The highest BCUT2D eigenvalue weighted by Gasteiger charge is 2.40. The first-order chi connectivity index (χ1) is 14.9. The zero-order chi connectivity index (χ0) is 22.0. The third-order valence-corrected chi connectivity index (χ3v) is 8.79. The van der Waals surface area contributed by atoms with Crippen LogP contribution in [0.4, 0.5) is 0 Å². The molecule has 0 saturated carbocycles. The Kier molecular flexibility index (Phi) is 6.89. The molecule has 2 aliphatic heterocycles. The molecule has 2 aliphatic rings. The molecular weight excluding hydrogens is 459 g/mol. The summed E-state index contributed by atoms with van der Waals surface area (Å²) in [5.74, 6) is -0.0962. The molecule has 0 spiro atoms. The number of sulfone groups is 1. The molecule has 166 valence electrons. The quantitative estimate of drug-likeness (QED) is 0.652. The average molecular weight is 483 g/mol. The van der Waals surface area contributed by atoms with Gasteiger partial charge in [0.2, 0.25) is 5.91 Å². The molecule has 2 aromatic carbocycles. The average Bonchev–Trinajstić information content (AvgIpc) is 3.27. The van der Waals surface area contributed by atoms with Gasteiger partial charge in [-0.25, -0.2) is 8.42 Å². The largest absolute Gasteiger partial charge is 0.379 e. The van der Waals surface area contributed by atoms with Gasteiger partial charge in [0, 0.05) is 31.2 Å². The number of amides is 1. The first kappa shape index (κ1) is 22.6. The van der Waals surface area contributed by atoms with Crippen LogP contribution in [0.5, 0.6) is 0 Å². The van der Waals surface area contributed by atoms with E-state index in [0.717, 1.165) is 5.56 Å². The van der Waals surface area contributed by atoms with Crippen LogP contribution in [0.3, 0.4) is 0 Å². The van der Waals surface area contributed by atoms with E-state index in [-0.39, 0.29) is 22.4 Å². The Morgan fingerprint density at radius 1 is 1.00 bits per heavy atom. The summed E-state index contributed by atoms with van der Waals surface area (Å²) in [6, 6.07) is 13.2. The summed E-state index contributed by atoms with van der Waals surface area (Å²) in [6.45, 7) is 2.92. The van der Waals surface area contributed by atoms with E-state index in [1.54, 1.807) is 35.2 Å². The Balaban J connectivity index is 1.57. The van der Waals surface area contributed by atoms with Gasteiger partial charge in [-0.05, 0) is 36.2 Å². The van der Waals surface area contributed by atoms with Crippen molar-refractivity contribution in [3.63, 3.8) is 0 Å². The topological polar surface area (TPSA) is 66.9 Å². The van der Waals surface area contributed by atoms with Gasteiger partial charge in [0.15, 0.2) is 9.84 Å².